The number of hydrogen-bond acceptors (Lipinski definition) is 3. The molecule has 10 heteroatoms. The van der Waals surface area contributed by atoms with Crippen molar-refractivity contribution in [3.8, 4) is 22.4 Å². The first-order valence-corrected chi connectivity index (χ1v) is 10.2. The van der Waals surface area contributed by atoms with Gasteiger partial charge >= 0.3 is 12.2 Å². The summed E-state index contributed by atoms with van der Waals surface area (Å²) >= 11 is 0. The molecule has 0 saturated carbocycles. The van der Waals surface area contributed by atoms with E-state index in [0.29, 0.717) is 11.3 Å². The molecule has 2 N–H and O–H groups in total. The number of amides is 3. The number of aromatic nitrogens is 2. The van der Waals surface area contributed by atoms with E-state index in [1.54, 1.807) is 36.8 Å². The van der Waals surface area contributed by atoms with E-state index in [-0.39, 0.29) is 0 Å². The first-order valence-electron chi connectivity index (χ1n) is 10.2. The number of carbonyl (C=O) groups is 2. The number of pyridine rings is 1. The minimum absolute atomic E-state index is 0.347. The van der Waals surface area contributed by atoms with Gasteiger partial charge in [-0.3, -0.25) is 9.20 Å². The Balaban J connectivity index is 1.58. The average molecular weight is 467 g/mol. The Morgan fingerprint density at radius 3 is 2.56 bits per heavy atom. The Bertz CT molecular complexity index is 1350. The quantitative estimate of drug-likeness (QED) is 0.394. The minimum Gasteiger partial charge on any atom is -0.329 e. The van der Waals surface area contributed by atoms with Crippen molar-refractivity contribution in [2.45, 2.75) is 6.18 Å². The van der Waals surface area contributed by atoms with E-state index in [4.69, 9.17) is 0 Å². The van der Waals surface area contributed by atoms with Crippen LogP contribution in [-0.4, -0.2) is 41.6 Å². The third kappa shape index (κ3) is 5.17. The fraction of sp³-hybridized carbons (Fsp3) is 0.125. The Hall–Kier alpha value is -4.34. The molecule has 0 fully saturated rings. The van der Waals surface area contributed by atoms with Gasteiger partial charge in [0.1, 0.15) is 12.2 Å². The van der Waals surface area contributed by atoms with Crippen LogP contribution < -0.4 is 15.5 Å². The Kier molecular flexibility index (Phi) is 6.22. The molecular weight excluding hydrogens is 447 g/mol. The molecule has 174 valence electrons. The molecule has 0 aliphatic heterocycles. The summed E-state index contributed by atoms with van der Waals surface area (Å²) in [7, 11) is 1.68. The number of hydrogen-bond donors (Lipinski definition) is 2. The zero-order valence-electron chi connectivity index (χ0n) is 18.0. The predicted octanol–water partition coefficient (Wildman–Crippen LogP) is 4.94. The fourth-order valence-electron chi connectivity index (χ4n) is 3.45. The molecule has 0 aliphatic carbocycles. The summed E-state index contributed by atoms with van der Waals surface area (Å²) in [5.74, 6) is 0. The number of fused-ring (bicyclic) bond motifs is 1. The molecule has 2 aromatic heterocycles. The van der Waals surface area contributed by atoms with Crippen molar-refractivity contribution in [3.05, 3.63) is 73.1 Å². The van der Waals surface area contributed by atoms with E-state index < -0.39 is 18.8 Å². The molecule has 7 nitrogen and oxygen atoms in total. The molecule has 0 atom stereocenters. The van der Waals surface area contributed by atoms with Gasteiger partial charge < -0.3 is 15.5 Å². The molecule has 0 radical (unpaired) electrons. The summed E-state index contributed by atoms with van der Waals surface area (Å²) in [6.07, 6.45) is -0.204. The van der Waals surface area contributed by atoms with Crippen LogP contribution in [0.25, 0.3) is 28.0 Å². The summed E-state index contributed by atoms with van der Waals surface area (Å²) in [5.41, 5.74) is 5.11. The van der Waals surface area contributed by atoms with Crippen LogP contribution in [0.15, 0.2) is 73.1 Å². The van der Waals surface area contributed by atoms with Crippen molar-refractivity contribution in [1.29, 1.82) is 0 Å². The highest BCUT2D eigenvalue weighted by Crippen LogP contribution is 2.28. The van der Waals surface area contributed by atoms with Crippen molar-refractivity contribution in [3.63, 3.8) is 0 Å². The lowest BCUT2D eigenvalue weighted by atomic mass is 10.1. The van der Waals surface area contributed by atoms with Gasteiger partial charge in [-0.25, -0.2) is 9.78 Å². The van der Waals surface area contributed by atoms with Crippen LogP contribution in [0, 0.1) is 0 Å². The summed E-state index contributed by atoms with van der Waals surface area (Å²) < 4.78 is 38.7. The normalized spacial score (nSPS) is 11.3. The third-order valence-corrected chi connectivity index (χ3v) is 5.12. The van der Waals surface area contributed by atoms with Crippen molar-refractivity contribution in [2.24, 2.45) is 0 Å². The first-order chi connectivity index (χ1) is 16.2. The van der Waals surface area contributed by atoms with Crippen molar-refractivity contribution in [1.82, 2.24) is 14.7 Å². The largest absolute Gasteiger partial charge is 0.405 e. The average Bonchev–Trinajstić information content (AvgIpc) is 3.25. The summed E-state index contributed by atoms with van der Waals surface area (Å²) in [6.45, 7) is -1.41. The van der Waals surface area contributed by atoms with Crippen LogP contribution in [0.4, 0.5) is 29.3 Å². The van der Waals surface area contributed by atoms with Gasteiger partial charge in [-0.1, -0.05) is 24.3 Å². The van der Waals surface area contributed by atoms with E-state index in [1.165, 1.54) is 4.90 Å². The zero-order chi connectivity index (χ0) is 24.3. The molecule has 2 aromatic carbocycles. The topological polar surface area (TPSA) is 78.7 Å². The van der Waals surface area contributed by atoms with Gasteiger partial charge in [-0.2, -0.15) is 13.2 Å². The highest BCUT2D eigenvalue weighted by Gasteiger charge is 2.27. The van der Waals surface area contributed by atoms with Crippen LogP contribution in [0.2, 0.25) is 0 Å². The highest BCUT2D eigenvalue weighted by atomic mass is 19.4. The van der Waals surface area contributed by atoms with E-state index in [9.17, 15) is 22.8 Å². The maximum Gasteiger partial charge on any atom is 0.405 e. The fourth-order valence-corrected chi connectivity index (χ4v) is 3.45. The molecule has 3 amide bonds. The number of nitrogens with zero attached hydrogens (tertiary/aromatic N) is 3. The number of imidazole rings is 1. The number of anilines is 2. The first kappa shape index (κ1) is 22.8. The molecule has 0 bridgehead atoms. The Morgan fingerprint density at radius 2 is 1.79 bits per heavy atom. The summed E-state index contributed by atoms with van der Waals surface area (Å²) in [4.78, 5) is 28.8. The van der Waals surface area contributed by atoms with Crippen LogP contribution in [-0.2, 0) is 4.79 Å². The van der Waals surface area contributed by atoms with Gasteiger partial charge in [0.05, 0.1) is 11.9 Å². The smallest absolute Gasteiger partial charge is 0.329 e. The Morgan fingerprint density at radius 1 is 1.06 bits per heavy atom. The molecule has 0 aliphatic rings. The molecule has 2 heterocycles. The number of rotatable bonds is 6. The Labute approximate surface area is 192 Å². The van der Waals surface area contributed by atoms with Crippen molar-refractivity contribution >= 4 is 29.5 Å². The van der Waals surface area contributed by atoms with E-state index in [1.807, 2.05) is 53.1 Å². The van der Waals surface area contributed by atoms with Crippen LogP contribution in [0.1, 0.15) is 0 Å². The van der Waals surface area contributed by atoms with Crippen LogP contribution >= 0.6 is 0 Å². The van der Waals surface area contributed by atoms with E-state index in [2.05, 4.69) is 10.3 Å². The van der Waals surface area contributed by atoms with Gasteiger partial charge in [-0.05, 0) is 47.5 Å². The number of halogens is 3. The molecular formula is C24H20F3N5O2. The molecule has 0 saturated heterocycles. The number of alkyl halides is 3. The molecule has 34 heavy (non-hydrogen) atoms. The van der Waals surface area contributed by atoms with Gasteiger partial charge in [0.2, 0.25) is 6.41 Å². The number of urea groups is 1. The minimum atomic E-state index is -4.49. The monoisotopic (exact) mass is 467 g/mol. The lowest BCUT2D eigenvalue weighted by Gasteiger charge is -2.12. The molecule has 4 rings (SSSR count). The number of benzene rings is 2. The zero-order valence-corrected chi connectivity index (χ0v) is 18.0. The highest BCUT2D eigenvalue weighted by molar-refractivity contribution is 5.90. The summed E-state index contributed by atoms with van der Waals surface area (Å²) in [5, 5.41) is 4.18. The number of nitrogens with one attached hydrogen (secondary N) is 2. The van der Waals surface area contributed by atoms with Gasteiger partial charge in [-0.15, -0.1) is 0 Å². The molecule has 0 spiro atoms. The van der Waals surface area contributed by atoms with Crippen LogP contribution in [0.3, 0.4) is 0 Å². The third-order valence-electron chi connectivity index (χ3n) is 5.12. The second-order valence-corrected chi connectivity index (χ2v) is 7.56. The van der Waals surface area contributed by atoms with Crippen molar-refractivity contribution in [2.75, 3.05) is 23.8 Å². The van der Waals surface area contributed by atoms with Gasteiger partial charge in [0.25, 0.3) is 0 Å². The van der Waals surface area contributed by atoms with E-state index >= 15 is 0 Å². The maximum absolute atomic E-state index is 12.3. The maximum atomic E-state index is 12.3. The number of carbonyl (C=O) groups excluding carboxylic acids is 2. The lowest BCUT2D eigenvalue weighted by Crippen LogP contribution is -2.36. The standard InChI is InChI=1S/C24H20F3N5O2/c1-31(15-33)20-7-3-4-16(11-20)17-8-9-32-21(13-28-22(32)12-17)18-5-2-6-19(10-18)30-23(34)29-14-24(25,26)27/h2-13,15H,14H2,1H3,(H2,29,30,34). The summed E-state index contributed by atoms with van der Waals surface area (Å²) in [6, 6.07) is 17.2. The molecule has 4 aromatic rings. The SMILES string of the molecule is CN(C=O)c1cccc(-c2ccn3c(-c4cccc(NC(=O)NCC(F)(F)F)c4)cnc3c2)c1. The van der Waals surface area contributed by atoms with Crippen LogP contribution in [0.5, 0.6) is 0 Å². The lowest BCUT2D eigenvalue weighted by molar-refractivity contribution is -0.122. The van der Waals surface area contributed by atoms with Gasteiger partial charge in [0, 0.05) is 30.2 Å². The van der Waals surface area contributed by atoms with Crippen molar-refractivity contribution < 1.29 is 22.8 Å². The second-order valence-electron chi connectivity index (χ2n) is 7.56. The van der Waals surface area contributed by atoms with E-state index in [0.717, 1.165) is 34.5 Å². The predicted molar refractivity (Wildman–Crippen MR) is 124 cm³/mol. The second kappa shape index (κ2) is 9.26. The molecule has 0 unspecified atom stereocenters. The van der Waals surface area contributed by atoms with Gasteiger partial charge in [0.15, 0.2) is 0 Å².